The Hall–Kier alpha value is -2.32. The average Bonchev–Trinajstić information content (AvgIpc) is 3.26. The van der Waals surface area contributed by atoms with Crippen molar-refractivity contribution in [3.63, 3.8) is 0 Å². The molecule has 0 unspecified atom stereocenters. The van der Waals surface area contributed by atoms with Gasteiger partial charge in [-0.3, -0.25) is 4.79 Å². The molecule has 1 amide bonds. The first-order valence-corrected chi connectivity index (χ1v) is 11.0. The minimum absolute atomic E-state index is 0.0663. The molecule has 2 heterocycles. The minimum atomic E-state index is -0.289. The topological polar surface area (TPSA) is 69.0 Å². The largest absolute Gasteiger partial charge is 0.497 e. The van der Waals surface area contributed by atoms with Gasteiger partial charge in [0.2, 0.25) is 5.91 Å². The Kier molecular flexibility index (Phi) is 5.68. The summed E-state index contributed by atoms with van der Waals surface area (Å²) in [6, 6.07) is 12.0. The maximum absolute atomic E-state index is 12.6. The van der Waals surface area contributed by atoms with Gasteiger partial charge in [0.25, 0.3) is 0 Å². The monoisotopic (exact) mass is 414 g/mol. The zero-order valence-electron chi connectivity index (χ0n) is 15.8. The van der Waals surface area contributed by atoms with Crippen molar-refractivity contribution < 1.29 is 9.53 Å². The van der Waals surface area contributed by atoms with Gasteiger partial charge in [0.05, 0.1) is 12.4 Å². The van der Waals surface area contributed by atoms with E-state index in [0.29, 0.717) is 11.8 Å². The summed E-state index contributed by atoms with van der Waals surface area (Å²) in [5, 5.41) is 14.4. The number of amides is 1. The van der Waals surface area contributed by atoms with Gasteiger partial charge in [-0.05, 0) is 43.3 Å². The fourth-order valence-corrected chi connectivity index (χ4v) is 4.57. The summed E-state index contributed by atoms with van der Waals surface area (Å²) < 4.78 is 7.43. The number of hydrogen-bond acceptors (Lipinski definition) is 6. The van der Waals surface area contributed by atoms with Crippen molar-refractivity contribution in [1.29, 1.82) is 0 Å². The average molecular weight is 415 g/mol. The molecule has 0 spiro atoms. The number of benzene rings is 1. The quantitative estimate of drug-likeness (QED) is 0.554. The molecule has 1 N–H and O–H groups in total. The molecule has 146 valence electrons. The van der Waals surface area contributed by atoms with Gasteiger partial charge in [0, 0.05) is 29.1 Å². The highest BCUT2D eigenvalue weighted by atomic mass is 32.2. The highest BCUT2D eigenvalue weighted by Crippen LogP contribution is 2.40. The summed E-state index contributed by atoms with van der Waals surface area (Å²) in [5.74, 6) is 1.63. The van der Waals surface area contributed by atoms with E-state index >= 15 is 0 Å². The third-order valence-electron chi connectivity index (χ3n) is 4.55. The van der Waals surface area contributed by atoms with E-state index in [4.69, 9.17) is 4.74 Å². The minimum Gasteiger partial charge on any atom is -0.497 e. The predicted molar refractivity (Wildman–Crippen MR) is 112 cm³/mol. The zero-order chi connectivity index (χ0) is 19.5. The number of carbonyl (C=O) groups excluding carboxylic acids is 1. The van der Waals surface area contributed by atoms with E-state index in [1.165, 1.54) is 16.6 Å². The van der Waals surface area contributed by atoms with E-state index in [-0.39, 0.29) is 11.2 Å². The standard InChI is InChI=1S/C20H22N4O2S2/c1-13(19(25)21-14-5-3-6-16(11-14)26-2)28-20-23-22-18(24(20)15-8-9-15)12-17-7-4-10-27-17/h3-7,10-11,13,15H,8-9,12H2,1-2H3,(H,21,25)/t13-/m0/s1. The van der Waals surface area contributed by atoms with Crippen molar-refractivity contribution in [3.05, 3.63) is 52.5 Å². The van der Waals surface area contributed by atoms with Crippen LogP contribution >= 0.6 is 23.1 Å². The molecular formula is C20H22N4O2S2. The molecular weight excluding hydrogens is 392 g/mol. The van der Waals surface area contributed by atoms with E-state index < -0.39 is 0 Å². The highest BCUT2D eigenvalue weighted by Gasteiger charge is 2.31. The number of rotatable bonds is 8. The first-order chi connectivity index (χ1) is 13.6. The number of thiophene rings is 1. The Balaban J connectivity index is 1.45. The van der Waals surface area contributed by atoms with Gasteiger partial charge in [-0.2, -0.15) is 0 Å². The van der Waals surface area contributed by atoms with Crippen LogP contribution in [0, 0.1) is 0 Å². The van der Waals surface area contributed by atoms with Gasteiger partial charge in [-0.1, -0.05) is 23.9 Å². The Morgan fingerprint density at radius 3 is 2.93 bits per heavy atom. The second-order valence-electron chi connectivity index (χ2n) is 6.74. The van der Waals surface area contributed by atoms with E-state index in [1.54, 1.807) is 24.5 Å². The molecule has 1 aromatic carbocycles. The van der Waals surface area contributed by atoms with Crippen LogP contribution in [0.1, 0.15) is 36.5 Å². The van der Waals surface area contributed by atoms with Gasteiger partial charge in [-0.25, -0.2) is 0 Å². The number of anilines is 1. The van der Waals surface area contributed by atoms with E-state index in [1.807, 2.05) is 25.1 Å². The first-order valence-electron chi connectivity index (χ1n) is 9.22. The molecule has 4 rings (SSSR count). The maximum atomic E-state index is 12.6. The van der Waals surface area contributed by atoms with Crippen LogP contribution in [0.25, 0.3) is 0 Å². The van der Waals surface area contributed by atoms with Gasteiger partial charge in [0.1, 0.15) is 11.6 Å². The lowest BCUT2D eigenvalue weighted by molar-refractivity contribution is -0.115. The molecule has 1 aliphatic rings. The molecule has 0 radical (unpaired) electrons. The molecule has 3 aromatic rings. The van der Waals surface area contributed by atoms with Gasteiger partial charge in [0.15, 0.2) is 5.16 Å². The SMILES string of the molecule is COc1cccc(NC(=O)[C@H](C)Sc2nnc(Cc3cccs3)n2C2CC2)c1. The molecule has 2 aromatic heterocycles. The van der Waals surface area contributed by atoms with Gasteiger partial charge >= 0.3 is 0 Å². The van der Waals surface area contributed by atoms with Crippen LogP contribution in [0.15, 0.2) is 46.9 Å². The third-order valence-corrected chi connectivity index (χ3v) is 6.48. The van der Waals surface area contributed by atoms with Crippen LogP contribution < -0.4 is 10.1 Å². The molecule has 0 bridgehead atoms. The molecule has 1 saturated carbocycles. The zero-order valence-corrected chi connectivity index (χ0v) is 17.4. The summed E-state index contributed by atoms with van der Waals surface area (Å²) in [6.07, 6.45) is 3.08. The molecule has 0 saturated heterocycles. The number of thioether (sulfide) groups is 1. The molecule has 8 heteroatoms. The van der Waals surface area contributed by atoms with Crippen LogP contribution in [0.4, 0.5) is 5.69 Å². The Morgan fingerprint density at radius 2 is 2.21 bits per heavy atom. The van der Waals surface area contributed by atoms with Crippen molar-refractivity contribution >= 4 is 34.7 Å². The summed E-state index contributed by atoms with van der Waals surface area (Å²) in [7, 11) is 1.61. The van der Waals surface area contributed by atoms with Crippen LogP contribution in [-0.2, 0) is 11.2 Å². The van der Waals surface area contributed by atoms with Crippen LogP contribution in [0.3, 0.4) is 0 Å². The van der Waals surface area contributed by atoms with Crippen LogP contribution in [0.5, 0.6) is 5.75 Å². The molecule has 1 atom stereocenters. The number of aromatic nitrogens is 3. The number of hydrogen-bond donors (Lipinski definition) is 1. The Labute approximate surface area is 172 Å². The molecule has 1 aliphatic carbocycles. The molecule has 6 nitrogen and oxygen atoms in total. The van der Waals surface area contributed by atoms with Gasteiger partial charge in [-0.15, -0.1) is 21.5 Å². The summed E-state index contributed by atoms with van der Waals surface area (Å²) in [4.78, 5) is 13.9. The third kappa shape index (κ3) is 4.39. The summed E-state index contributed by atoms with van der Waals surface area (Å²) in [6.45, 7) is 1.89. The molecule has 0 aliphatic heterocycles. The fourth-order valence-electron chi connectivity index (χ4n) is 2.93. The van der Waals surface area contributed by atoms with Crippen molar-refractivity contribution in [2.24, 2.45) is 0 Å². The second-order valence-corrected chi connectivity index (χ2v) is 9.08. The maximum Gasteiger partial charge on any atom is 0.237 e. The second kappa shape index (κ2) is 8.36. The Morgan fingerprint density at radius 1 is 1.36 bits per heavy atom. The van der Waals surface area contributed by atoms with Crippen molar-refractivity contribution in [2.45, 2.75) is 42.6 Å². The smallest absolute Gasteiger partial charge is 0.237 e. The predicted octanol–water partition coefficient (Wildman–Crippen LogP) is 4.39. The van der Waals surface area contributed by atoms with Gasteiger partial charge < -0.3 is 14.6 Å². The number of ether oxygens (including phenoxy) is 1. The van der Waals surface area contributed by atoms with E-state index in [2.05, 4.69) is 37.6 Å². The number of nitrogens with one attached hydrogen (secondary N) is 1. The summed E-state index contributed by atoms with van der Waals surface area (Å²) >= 11 is 3.19. The van der Waals surface area contributed by atoms with E-state index in [0.717, 1.165) is 35.9 Å². The summed E-state index contributed by atoms with van der Waals surface area (Å²) in [5.41, 5.74) is 0.721. The van der Waals surface area contributed by atoms with Crippen LogP contribution in [-0.4, -0.2) is 33.0 Å². The van der Waals surface area contributed by atoms with Crippen molar-refractivity contribution in [2.75, 3.05) is 12.4 Å². The lowest BCUT2D eigenvalue weighted by Gasteiger charge is -2.13. The fraction of sp³-hybridized carbons (Fsp3) is 0.350. The number of nitrogens with zero attached hydrogens (tertiary/aromatic N) is 3. The molecule has 1 fully saturated rings. The lowest BCUT2D eigenvalue weighted by atomic mass is 10.3. The lowest BCUT2D eigenvalue weighted by Crippen LogP contribution is -2.23. The van der Waals surface area contributed by atoms with Crippen LogP contribution in [0.2, 0.25) is 0 Å². The first kappa shape index (κ1) is 19.0. The normalized spacial score (nSPS) is 14.6. The number of methoxy groups -OCH3 is 1. The molecule has 28 heavy (non-hydrogen) atoms. The van der Waals surface area contributed by atoms with Crippen molar-refractivity contribution in [1.82, 2.24) is 14.8 Å². The number of carbonyl (C=O) groups is 1. The van der Waals surface area contributed by atoms with E-state index in [9.17, 15) is 4.79 Å². The highest BCUT2D eigenvalue weighted by molar-refractivity contribution is 8.00. The Bertz CT molecular complexity index is 951. The van der Waals surface area contributed by atoms with Crippen molar-refractivity contribution in [3.8, 4) is 5.75 Å².